The molecule has 1 aromatic heterocycles. The highest BCUT2D eigenvalue weighted by Gasteiger charge is 2.09. The van der Waals surface area contributed by atoms with Crippen LogP contribution in [0.5, 0.6) is 5.75 Å². The Morgan fingerprint density at radius 3 is 3.00 bits per heavy atom. The highest BCUT2D eigenvalue weighted by atomic mass is 32.2. The predicted octanol–water partition coefficient (Wildman–Crippen LogP) is 1.78. The molecule has 0 bridgehead atoms. The van der Waals surface area contributed by atoms with E-state index >= 15 is 0 Å². The van der Waals surface area contributed by atoms with E-state index in [4.69, 9.17) is 4.74 Å². The quantitative estimate of drug-likeness (QED) is 0.824. The molecule has 5 nitrogen and oxygen atoms in total. The normalized spacial score (nSPS) is 10.3. The minimum Gasteiger partial charge on any atom is -0.496 e. The van der Waals surface area contributed by atoms with E-state index in [0.29, 0.717) is 12.3 Å². The van der Waals surface area contributed by atoms with Crippen molar-refractivity contribution in [2.45, 2.75) is 11.7 Å². The fraction of sp³-hybridized carbons (Fsp3) is 0.286. The molecule has 0 fully saturated rings. The summed E-state index contributed by atoms with van der Waals surface area (Å²) >= 11 is 1.42. The van der Waals surface area contributed by atoms with Gasteiger partial charge in [-0.2, -0.15) is 0 Å². The zero-order valence-electron chi connectivity index (χ0n) is 11.5. The summed E-state index contributed by atoms with van der Waals surface area (Å²) < 4.78 is 7.35. The second kappa shape index (κ2) is 7.00. The zero-order valence-corrected chi connectivity index (χ0v) is 12.3. The molecule has 1 aromatic carbocycles. The third-order valence-corrected chi connectivity index (χ3v) is 3.83. The van der Waals surface area contributed by atoms with E-state index in [9.17, 15) is 4.79 Å². The summed E-state index contributed by atoms with van der Waals surface area (Å²) in [5.74, 6) is 1.20. The van der Waals surface area contributed by atoms with Crippen LogP contribution in [0.3, 0.4) is 0 Å². The number of hydrogen-bond donors (Lipinski definition) is 1. The second-order valence-corrected chi connectivity index (χ2v) is 5.05. The maximum absolute atomic E-state index is 11.3. The monoisotopic (exact) mass is 291 g/mol. The molecular weight excluding hydrogens is 274 g/mol. The Balaban J connectivity index is 2.10. The Bertz CT molecular complexity index is 583. The first kappa shape index (κ1) is 14.5. The summed E-state index contributed by atoms with van der Waals surface area (Å²) in [6.45, 7) is 0.667. The molecule has 0 unspecified atom stereocenters. The van der Waals surface area contributed by atoms with Crippen molar-refractivity contribution in [1.82, 2.24) is 14.9 Å². The zero-order chi connectivity index (χ0) is 14.4. The number of thioether (sulfide) groups is 1. The van der Waals surface area contributed by atoms with Crippen LogP contribution in [-0.2, 0) is 11.3 Å². The van der Waals surface area contributed by atoms with Crippen LogP contribution in [0.15, 0.2) is 41.8 Å². The summed E-state index contributed by atoms with van der Waals surface area (Å²) in [6, 6.07) is 7.87. The maximum atomic E-state index is 11.3. The van der Waals surface area contributed by atoms with Gasteiger partial charge in [0, 0.05) is 25.0 Å². The highest BCUT2D eigenvalue weighted by Crippen LogP contribution is 2.22. The Kier molecular flexibility index (Phi) is 5.06. The standard InChI is InChI=1S/C14H17N3O2S/c1-15-13(18)10-20-14-16-7-8-17(14)9-11-5-3-4-6-12(11)19-2/h3-8H,9-10H2,1-2H3,(H,15,18). The molecular formula is C14H17N3O2S. The molecule has 106 valence electrons. The van der Waals surface area contributed by atoms with Gasteiger partial charge in [0.2, 0.25) is 5.91 Å². The smallest absolute Gasteiger partial charge is 0.230 e. The van der Waals surface area contributed by atoms with Gasteiger partial charge in [-0.25, -0.2) is 4.98 Å². The first-order valence-electron chi connectivity index (χ1n) is 6.21. The highest BCUT2D eigenvalue weighted by molar-refractivity contribution is 7.99. The van der Waals surface area contributed by atoms with E-state index in [0.717, 1.165) is 16.5 Å². The fourth-order valence-corrected chi connectivity index (χ4v) is 2.61. The van der Waals surface area contributed by atoms with Gasteiger partial charge in [-0.15, -0.1) is 0 Å². The Morgan fingerprint density at radius 2 is 2.25 bits per heavy atom. The number of imidazole rings is 1. The molecule has 0 radical (unpaired) electrons. The van der Waals surface area contributed by atoms with Crippen molar-refractivity contribution in [3.63, 3.8) is 0 Å². The van der Waals surface area contributed by atoms with Crippen LogP contribution in [0.2, 0.25) is 0 Å². The molecule has 1 N–H and O–H groups in total. The molecule has 1 amide bonds. The molecule has 0 atom stereocenters. The van der Waals surface area contributed by atoms with Crippen molar-refractivity contribution >= 4 is 17.7 Å². The first-order valence-corrected chi connectivity index (χ1v) is 7.19. The van der Waals surface area contributed by atoms with Crippen molar-refractivity contribution in [3.05, 3.63) is 42.2 Å². The van der Waals surface area contributed by atoms with Crippen LogP contribution >= 0.6 is 11.8 Å². The SMILES string of the molecule is CNC(=O)CSc1nccn1Cc1ccccc1OC. The summed E-state index contributed by atoms with van der Waals surface area (Å²) in [5.41, 5.74) is 1.08. The van der Waals surface area contributed by atoms with Crippen LogP contribution in [0.1, 0.15) is 5.56 Å². The number of hydrogen-bond acceptors (Lipinski definition) is 4. The van der Waals surface area contributed by atoms with Gasteiger partial charge in [-0.05, 0) is 6.07 Å². The molecule has 2 rings (SSSR count). The number of aromatic nitrogens is 2. The molecule has 0 saturated heterocycles. The predicted molar refractivity (Wildman–Crippen MR) is 79.1 cm³/mol. The Hall–Kier alpha value is -1.95. The number of nitrogens with one attached hydrogen (secondary N) is 1. The van der Waals surface area contributed by atoms with Gasteiger partial charge < -0.3 is 14.6 Å². The summed E-state index contributed by atoms with van der Waals surface area (Å²) in [7, 11) is 3.29. The lowest BCUT2D eigenvalue weighted by Crippen LogP contribution is -2.20. The molecule has 0 spiro atoms. The van der Waals surface area contributed by atoms with E-state index in [1.165, 1.54) is 11.8 Å². The van der Waals surface area contributed by atoms with Crippen molar-refractivity contribution in [3.8, 4) is 5.75 Å². The number of rotatable bonds is 6. The van der Waals surface area contributed by atoms with Gasteiger partial charge in [-0.1, -0.05) is 30.0 Å². The first-order chi connectivity index (χ1) is 9.74. The number of para-hydroxylation sites is 1. The lowest BCUT2D eigenvalue weighted by atomic mass is 10.2. The lowest BCUT2D eigenvalue weighted by Gasteiger charge is -2.10. The van der Waals surface area contributed by atoms with Crippen molar-refractivity contribution in [2.24, 2.45) is 0 Å². The molecule has 1 heterocycles. The molecule has 0 aliphatic heterocycles. The summed E-state index contributed by atoms with van der Waals surface area (Å²) in [4.78, 5) is 15.6. The number of methoxy groups -OCH3 is 1. The van der Waals surface area contributed by atoms with Gasteiger partial charge in [0.05, 0.1) is 19.4 Å². The number of ether oxygens (including phenoxy) is 1. The molecule has 6 heteroatoms. The third-order valence-electron chi connectivity index (χ3n) is 2.82. The summed E-state index contributed by atoms with van der Waals surface area (Å²) in [6.07, 6.45) is 3.64. The van der Waals surface area contributed by atoms with Crippen LogP contribution in [-0.4, -0.2) is 35.4 Å². The Morgan fingerprint density at radius 1 is 1.45 bits per heavy atom. The number of benzene rings is 1. The largest absolute Gasteiger partial charge is 0.496 e. The van der Waals surface area contributed by atoms with Gasteiger partial charge in [0.1, 0.15) is 5.75 Å². The number of carbonyl (C=O) groups is 1. The van der Waals surface area contributed by atoms with Crippen LogP contribution in [0.25, 0.3) is 0 Å². The lowest BCUT2D eigenvalue weighted by molar-refractivity contribution is -0.118. The van der Waals surface area contributed by atoms with Crippen LogP contribution in [0, 0.1) is 0 Å². The summed E-state index contributed by atoms with van der Waals surface area (Å²) in [5, 5.41) is 3.42. The van der Waals surface area contributed by atoms with Crippen molar-refractivity contribution in [1.29, 1.82) is 0 Å². The van der Waals surface area contributed by atoms with Gasteiger partial charge in [-0.3, -0.25) is 4.79 Å². The number of amides is 1. The molecule has 0 aliphatic carbocycles. The van der Waals surface area contributed by atoms with Gasteiger partial charge >= 0.3 is 0 Å². The van der Waals surface area contributed by atoms with Crippen LogP contribution in [0.4, 0.5) is 0 Å². The fourth-order valence-electron chi connectivity index (χ4n) is 1.78. The molecule has 2 aromatic rings. The van der Waals surface area contributed by atoms with Crippen LogP contribution < -0.4 is 10.1 Å². The Labute approximate surface area is 122 Å². The van der Waals surface area contributed by atoms with E-state index in [1.54, 1.807) is 20.4 Å². The molecule has 0 saturated carbocycles. The third kappa shape index (κ3) is 3.54. The van der Waals surface area contributed by atoms with Gasteiger partial charge in [0.15, 0.2) is 5.16 Å². The van der Waals surface area contributed by atoms with E-state index in [1.807, 2.05) is 35.0 Å². The topological polar surface area (TPSA) is 56.2 Å². The number of nitrogens with zero attached hydrogens (tertiary/aromatic N) is 2. The minimum absolute atomic E-state index is 0.0122. The maximum Gasteiger partial charge on any atom is 0.230 e. The molecule has 0 aliphatic rings. The van der Waals surface area contributed by atoms with E-state index in [-0.39, 0.29) is 5.91 Å². The van der Waals surface area contributed by atoms with Crippen molar-refractivity contribution < 1.29 is 9.53 Å². The average Bonchev–Trinajstić information content (AvgIpc) is 2.92. The van der Waals surface area contributed by atoms with E-state index in [2.05, 4.69) is 10.3 Å². The van der Waals surface area contributed by atoms with Gasteiger partial charge in [0.25, 0.3) is 0 Å². The average molecular weight is 291 g/mol. The second-order valence-electron chi connectivity index (χ2n) is 4.11. The molecule has 20 heavy (non-hydrogen) atoms. The van der Waals surface area contributed by atoms with Crippen molar-refractivity contribution in [2.75, 3.05) is 19.9 Å². The minimum atomic E-state index is -0.0122. The number of carbonyl (C=O) groups excluding carboxylic acids is 1. The van der Waals surface area contributed by atoms with E-state index < -0.39 is 0 Å².